The summed E-state index contributed by atoms with van der Waals surface area (Å²) in [4.78, 5) is 24.2. The maximum Gasteiger partial charge on any atom is 0.411 e. The second-order valence-electron chi connectivity index (χ2n) is 9.93. The van der Waals surface area contributed by atoms with E-state index in [-0.39, 0.29) is 23.5 Å². The lowest BCUT2D eigenvalue weighted by Gasteiger charge is -2.53. The van der Waals surface area contributed by atoms with Gasteiger partial charge in [-0.1, -0.05) is 43.0 Å². The summed E-state index contributed by atoms with van der Waals surface area (Å²) in [6, 6.07) is 15.2. The van der Waals surface area contributed by atoms with Gasteiger partial charge in [-0.2, -0.15) is 4.31 Å². The van der Waals surface area contributed by atoms with E-state index in [0.717, 1.165) is 5.56 Å². The molecular weight excluding hydrogens is 466 g/mol. The lowest BCUT2D eigenvalue weighted by atomic mass is 9.79. The van der Waals surface area contributed by atoms with Crippen molar-refractivity contribution in [2.45, 2.75) is 69.2 Å². The van der Waals surface area contributed by atoms with Crippen LogP contribution in [-0.4, -0.2) is 41.8 Å². The Bertz CT molecular complexity index is 1170. The summed E-state index contributed by atoms with van der Waals surface area (Å²) in [5, 5.41) is 5.51. The molecule has 0 spiro atoms. The van der Waals surface area contributed by atoms with Crippen LogP contribution in [0.3, 0.4) is 0 Å². The molecule has 0 bridgehead atoms. The lowest BCUT2D eigenvalue weighted by Crippen LogP contribution is -2.65. The monoisotopic (exact) mass is 499 g/mol. The van der Waals surface area contributed by atoms with Crippen LogP contribution < -0.4 is 10.6 Å². The quantitative estimate of drug-likeness (QED) is 0.548. The van der Waals surface area contributed by atoms with Gasteiger partial charge in [0.25, 0.3) is 0 Å². The van der Waals surface area contributed by atoms with Crippen molar-refractivity contribution in [2.24, 2.45) is 0 Å². The van der Waals surface area contributed by atoms with Crippen molar-refractivity contribution in [2.75, 3.05) is 5.32 Å². The molecule has 8 nitrogen and oxygen atoms in total. The zero-order valence-corrected chi connectivity index (χ0v) is 21.4. The number of piperidine rings is 1. The molecule has 0 unspecified atom stereocenters. The highest BCUT2D eigenvalue weighted by Gasteiger charge is 2.51. The highest BCUT2D eigenvalue weighted by Crippen LogP contribution is 2.42. The summed E-state index contributed by atoms with van der Waals surface area (Å²) in [5.41, 5.74) is -0.404. The highest BCUT2D eigenvalue weighted by atomic mass is 32.2. The number of nitrogens with one attached hydrogen (secondary N) is 2. The van der Waals surface area contributed by atoms with E-state index in [1.165, 1.54) is 22.5 Å². The maximum atomic E-state index is 13.8. The Hall–Kier alpha value is -3.17. The summed E-state index contributed by atoms with van der Waals surface area (Å²) < 4.78 is 34.4. The predicted molar refractivity (Wildman–Crippen MR) is 135 cm³/mol. The van der Waals surface area contributed by atoms with Crippen molar-refractivity contribution in [3.63, 3.8) is 0 Å². The van der Waals surface area contributed by atoms with Crippen LogP contribution in [0.15, 0.2) is 72.1 Å². The zero-order valence-electron chi connectivity index (χ0n) is 20.6. The van der Waals surface area contributed by atoms with Gasteiger partial charge in [0, 0.05) is 22.8 Å². The maximum absolute atomic E-state index is 13.8. The van der Waals surface area contributed by atoms with Crippen molar-refractivity contribution >= 4 is 27.7 Å². The molecule has 2 amide bonds. The van der Waals surface area contributed by atoms with Crippen molar-refractivity contribution in [3.05, 3.63) is 72.8 Å². The van der Waals surface area contributed by atoms with Crippen LogP contribution in [0.4, 0.5) is 10.5 Å². The van der Waals surface area contributed by atoms with Gasteiger partial charge in [0.05, 0.1) is 4.90 Å². The van der Waals surface area contributed by atoms with E-state index in [1.54, 1.807) is 12.1 Å². The van der Waals surface area contributed by atoms with E-state index >= 15 is 0 Å². The number of anilines is 1. The zero-order chi connectivity index (χ0) is 25.9. The summed E-state index contributed by atoms with van der Waals surface area (Å²) >= 11 is 0. The standard InChI is InChI=1S/C26H33N3O5S/c1-6-23(30)27-21-16-25(2,3)29(26(4,5)17-21)35(32,33)22-14-10-13-20(15-22)28-24(31)34-18-19-11-8-7-9-12-19/h6-15,21H,1,16-18H2,2-5H3,(H,27,30)(H,28,31). The van der Waals surface area contributed by atoms with E-state index < -0.39 is 27.2 Å². The summed E-state index contributed by atoms with van der Waals surface area (Å²) in [6.45, 7) is 11.0. The summed E-state index contributed by atoms with van der Waals surface area (Å²) in [5.74, 6) is -0.282. The fourth-order valence-corrected chi connectivity index (χ4v) is 7.18. The van der Waals surface area contributed by atoms with Gasteiger partial charge in [-0.05, 0) is 70.4 Å². The number of hydrogen-bond acceptors (Lipinski definition) is 5. The topological polar surface area (TPSA) is 105 Å². The minimum Gasteiger partial charge on any atom is -0.444 e. The lowest BCUT2D eigenvalue weighted by molar-refractivity contribution is -0.118. The molecule has 2 aromatic carbocycles. The van der Waals surface area contributed by atoms with Crippen LogP contribution in [-0.2, 0) is 26.2 Å². The van der Waals surface area contributed by atoms with Gasteiger partial charge in [0.15, 0.2) is 0 Å². The Morgan fingerprint density at radius 3 is 2.29 bits per heavy atom. The SMILES string of the molecule is C=CC(=O)NC1CC(C)(C)N(S(=O)(=O)c2cccc(NC(=O)OCc3ccccc3)c2)C(C)(C)C1. The first-order valence-corrected chi connectivity index (χ1v) is 12.9. The van der Waals surface area contributed by atoms with E-state index in [9.17, 15) is 18.0 Å². The number of rotatable bonds is 7. The number of ether oxygens (including phenoxy) is 1. The Morgan fingerprint density at radius 1 is 1.06 bits per heavy atom. The van der Waals surface area contributed by atoms with Gasteiger partial charge in [-0.25, -0.2) is 13.2 Å². The molecule has 0 aromatic heterocycles. The molecule has 0 atom stereocenters. The number of nitrogens with zero attached hydrogens (tertiary/aromatic N) is 1. The number of sulfonamides is 1. The van der Waals surface area contributed by atoms with Crippen LogP contribution in [0.2, 0.25) is 0 Å². The van der Waals surface area contributed by atoms with Crippen molar-refractivity contribution in [1.82, 2.24) is 9.62 Å². The molecule has 9 heteroatoms. The molecule has 0 aliphatic carbocycles. The first kappa shape index (κ1) is 26.4. The molecular formula is C26H33N3O5S. The Balaban J connectivity index is 1.78. The molecule has 35 heavy (non-hydrogen) atoms. The van der Waals surface area contributed by atoms with Gasteiger partial charge >= 0.3 is 6.09 Å². The van der Waals surface area contributed by atoms with Crippen molar-refractivity contribution in [1.29, 1.82) is 0 Å². The van der Waals surface area contributed by atoms with Crippen LogP contribution in [0.1, 0.15) is 46.1 Å². The average molecular weight is 500 g/mol. The molecule has 188 valence electrons. The predicted octanol–water partition coefficient (Wildman–Crippen LogP) is 4.45. The van der Waals surface area contributed by atoms with Gasteiger partial charge in [0.1, 0.15) is 6.61 Å². The molecule has 0 saturated carbocycles. The normalized spacial score (nSPS) is 17.8. The minimum atomic E-state index is -3.94. The summed E-state index contributed by atoms with van der Waals surface area (Å²) in [7, 11) is -3.94. The van der Waals surface area contributed by atoms with E-state index in [1.807, 2.05) is 58.0 Å². The second kappa shape index (κ2) is 10.2. The van der Waals surface area contributed by atoms with Crippen molar-refractivity contribution in [3.8, 4) is 0 Å². The van der Waals surface area contributed by atoms with Gasteiger partial charge < -0.3 is 10.1 Å². The smallest absolute Gasteiger partial charge is 0.411 e. The molecule has 1 saturated heterocycles. The number of amides is 2. The third kappa shape index (κ3) is 6.29. The third-order valence-corrected chi connectivity index (χ3v) is 8.27. The molecule has 1 aliphatic rings. The number of carbonyl (C=O) groups excluding carboxylic acids is 2. The molecule has 1 aliphatic heterocycles. The fraction of sp³-hybridized carbons (Fsp3) is 0.385. The molecule has 2 aromatic rings. The molecule has 1 fully saturated rings. The molecule has 1 heterocycles. The number of hydrogen-bond donors (Lipinski definition) is 2. The van der Waals surface area contributed by atoms with Gasteiger partial charge in [-0.3, -0.25) is 10.1 Å². The third-order valence-electron chi connectivity index (χ3n) is 5.95. The van der Waals surface area contributed by atoms with Crippen LogP contribution in [0.5, 0.6) is 0 Å². The first-order chi connectivity index (χ1) is 16.3. The molecule has 3 rings (SSSR count). The Kier molecular flexibility index (Phi) is 7.71. The van der Waals surface area contributed by atoms with E-state index in [4.69, 9.17) is 4.74 Å². The highest BCUT2D eigenvalue weighted by molar-refractivity contribution is 7.89. The Morgan fingerprint density at radius 2 is 1.69 bits per heavy atom. The molecule has 2 N–H and O–H groups in total. The minimum absolute atomic E-state index is 0.0630. The van der Waals surface area contributed by atoms with E-state index in [2.05, 4.69) is 17.2 Å². The Labute approximate surface area is 207 Å². The number of carbonyl (C=O) groups is 2. The van der Waals surface area contributed by atoms with Crippen molar-refractivity contribution < 1.29 is 22.7 Å². The van der Waals surface area contributed by atoms with E-state index in [0.29, 0.717) is 18.5 Å². The average Bonchev–Trinajstić information content (AvgIpc) is 2.76. The fourth-order valence-electron chi connectivity index (χ4n) is 4.99. The second-order valence-corrected chi connectivity index (χ2v) is 11.7. The summed E-state index contributed by atoms with van der Waals surface area (Å²) in [6.07, 6.45) is 1.42. The first-order valence-electron chi connectivity index (χ1n) is 11.4. The molecule has 0 radical (unpaired) electrons. The van der Waals surface area contributed by atoms with Crippen LogP contribution in [0.25, 0.3) is 0 Å². The van der Waals surface area contributed by atoms with Crippen LogP contribution >= 0.6 is 0 Å². The van der Waals surface area contributed by atoms with Crippen LogP contribution in [0, 0.1) is 0 Å². The largest absolute Gasteiger partial charge is 0.444 e. The van der Waals surface area contributed by atoms with Gasteiger partial charge in [0.2, 0.25) is 15.9 Å². The van der Waals surface area contributed by atoms with Gasteiger partial charge in [-0.15, -0.1) is 0 Å². The number of benzene rings is 2.